The number of hydrogen-bond donors (Lipinski definition) is 5. The highest BCUT2D eigenvalue weighted by Crippen LogP contribution is 2.37. The number of ketones is 1. The molecule has 0 radical (unpaired) electrons. The molecule has 0 bridgehead atoms. The zero-order chi connectivity index (χ0) is 57.6. The van der Waals surface area contributed by atoms with Crippen LogP contribution in [0.4, 0.5) is 0 Å². The number of aliphatic hydroxyl groups is 5. The molecule has 3 fully saturated rings. The van der Waals surface area contributed by atoms with Crippen molar-refractivity contribution in [3.8, 4) is 0 Å². The largest absolute Gasteiger partial charge is 0.462 e. The van der Waals surface area contributed by atoms with Gasteiger partial charge in [0.25, 0.3) is 0 Å². The summed E-state index contributed by atoms with van der Waals surface area (Å²) < 4.78 is 64.8. The number of rotatable bonds is 18. The number of methoxy groups -OCH3 is 2. The molecular formula is C56H101NO19. The van der Waals surface area contributed by atoms with E-state index in [2.05, 4.69) is 13.8 Å². The first-order valence-corrected chi connectivity index (χ1v) is 27.6. The normalized spacial score (nSPS) is 40.2. The fourth-order valence-electron chi connectivity index (χ4n) is 10.0. The number of esters is 1. The van der Waals surface area contributed by atoms with Crippen LogP contribution in [0.5, 0.6) is 0 Å². The number of likely N-dealkylation sites (N-methyl/N-ethyl adjacent to an activating group) is 1. The van der Waals surface area contributed by atoms with Crippen LogP contribution < -0.4 is 0 Å². The number of aliphatic hydroxyl groups excluding tert-OH is 4. The average molecular weight is 1090 g/mol. The number of ether oxygens (including phenoxy) is 11. The fourth-order valence-corrected chi connectivity index (χ4v) is 10.0. The molecule has 3 saturated heterocycles. The van der Waals surface area contributed by atoms with Crippen LogP contribution in [0.15, 0.2) is 23.8 Å². The Morgan fingerprint density at radius 2 is 1.41 bits per heavy atom. The molecule has 0 amide bonds. The van der Waals surface area contributed by atoms with Crippen LogP contribution in [0, 0.1) is 23.7 Å². The summed E-state index contributed by atoms with van der Waals surface area (Å²) in [6.45, 7) is 25.3. The molecule has 0 saturated carbocycles. The van der Waals surface area contributed by atoms with Crippen molar-refractivity contribution in [3.05, 3.63) is 23.8 Å². The molecule has 4 aliphatic rings. The Kier molecular flexibility index (Phi) is 31.9. The van der Waals surface area contributed by atoms with Crippen LogP contribution in [0.3, 0.4) is 0 Å². The van der Waals surface area contributed by atoms with Gasteiger partial charge in [0.15, 0.2) is 30.9 Å². The third-order valence-corrected chi connectivity index (χ3v) is 14.7. The van der Waals surface area contributed by atoms with Gasteiger partial charge in [0.1, 0.15) is 49.0 Å². The molecule has 5 N–H and O–H groups in total. The van der Waals surface area contributed by atoms with E-state index in [1.165, 1.54) is 40.1 Å². The predicted molar refractivity (Wildman–Crippen MR) is 284 cm³/mol. The molecule has 4 rings (SSSR count). The highest BCUT2D eigenvalue weighted by atomic mass is 16.7. The van der Waals surface area contributed by atoms with Gasteiger partial charge in [-0.3, -0.25) is 9.59 Å². The van der Waals surface area contributed by atoms with Crippen LogP contribution >= 0.6 is 0 Å². The Morgan fingerprint density at radius 3 is 1.93 bits per heavy atom. The van der Waals surface area contributed by atoms with Gasteiger partial charge in [0.05, 0.1) is 55.2 Å². The lowest BCUT2D eigenvalue weighted by molar-refractivity contribution is -0.341. The second-order valence-corrected chi connectivity index (χ2v) is 21.2. The molecule has 20 heteroatoms. The summed E-state index contributed by atoms with van der Waals surface area (Å²) in [7, 11) is 6.43. The first kappa shape index (κ1) is 69.8. The third-order valence-electron chi connectivity index (χ3n) is 14.7. The molecule has 76 heavy (non-hydrogen) atoms. The number of unbranched alkanes of at least 4 members (excludes halogenated alkanes) is 1. The van der Waals surface area contributed by atoms with Gasteiger partial charge in [-0.15, -0.1) is 0 Å². The van der Waals surface area contributed by atoms with E-state index < -0.39 is 140 Å². The second kappa shape index (κ2) is 34.7. The monoisotopic (exact) mass is 1090 g/mol. The Morgan fingerprint density at radius 1 is 0.803 bits per heavy atom. The van der Waals surface area contributed by atoms with Crippen molar-refractivity contribution in [3.63, 3.8) is 0 Å². The van der Waals surface area contributed by atoms with E-state index in [1.807, 2.05) is 40.7 Å². The maximum Gasteiger partial charge on any atom is 0.308 e. The summed E-state index contributed by atoms with van der Waals surface area (Å²) in [6.07, 6.45) is -5.89. The highest BCUT2D eigenvalue weighted by Gasteiger charge is 2.52. The molecule has 444 valence electrons. The zero-order valence-corrected chi connectivity index (χ0v) is 48.9. The molecule has 4 heterocycles. The molecular weight excluding hydrogens is 991 g/mol. The van der Waals surface area contributed by atoms with Crippen LogP contribution in [-0.4, -0.2) is 207 Å². The molecule has 4 aliphatic heterocycles. The minimum absolute atomic E-state index is 0.00788. The van der Waals surface area contributed by atoms with E-state index in [-0.39, 0.29) is 37.9 Å². The molecule has 0 aromatic carbocycles. The van der Waals surface area contributed by atoms with Gasteiger partial charge in [-0.1, -0.05) is 65.2 Å². The number of cyclic esters (lactones) is 1. The summed E-state index contributed by atoms with van der Waals surface area (Å²) in [5, 5.41) is 55.8. The fraction of sp³-hybridized carbons (Fsp3) is 0.875. The number of carbonyl (C=O) groups is 3. The lowest BCUT2D eigenvalue weighted by Gasteiger charge is -2.50. The molecule has 20 nitrogen and oxygen atoms in total. The van der Waals surface area contributed by atoms with E-state index in [1.54, 1.807) is 59.7 Å². The van der Waals surface area contributed by atoms with Gasteiger partial charge in [0.2, 0.25) is 0 Å². The van der Waals surface area contributed by atoms with E-state index >= 15 is 0 Å². The summed E-state index contributed by atoms with van der Waals surface area (Å²) in [5.41, 5.74) is -0.806. The molecule has 0 aromatic rings. The summed E-state index contributed by atoms with van der Waals surface area (Å²) in [5.74, 6) is -3.59. The smallest absolute Gasteiger partial charge is 0.308 e. The average Bonchev–Trinajstić information content (AvgIpc) is 3.36. The topological polar surface area (TPSA) is 257 Å². The Labute approximate surface area is 454 Å². The van der Waals surface area contributed by atoms with E-state index in [0.29, 0.717) is 12.0 Å². The number of aldehydes is 1. The molecule has 0 spiro atoms. The van der Waals surface area contributed by atoms with Gasteiger partial charge in [-0.25, -0.2) is 0 Å². The lowest BCUT2D eigenvalue weighted by atomic mass is 9.79. The van der Waals surface area contributed by atoms with Gasteiger partial charge >= 0.3 is 5.97 Å². The SMILES string of the molecule is CCCC.CCOC(C)OCC.CC[C@H]1OC(=O)C[C@@H](O)[C@H](C)[C@@H](O[C@@H]2O[C@H](C)[C@@H](O[C@H]3C[C@@](C)(O)[C@@H](O)[C@H](C)O3)[C@H](N(C)C)[C@H]2O)[C@@H](CC=O)C[C@@H](C)C(=O)/C=C/C(C)=C/C1CO[C@@H]1O[C@H](C)[C@@H](O)[C@@H](OC)[C@H]1OC. The number of nitrogens with zero attached hydrogens (tertiary/aromatic N) is 1. The summed E-state index contributed by atoms with van der Waals surface area (Å²) >= 11 is 0. The minimum atomic E-state index is -1.49. The van der Waals surface area contributed by atoms with Gasteiger partial charge in [-0.05, 0) is 94.3 Å². The molecule has 0 aromatic heterocycles. The highest BCUT2D eigenvalue weighted by molar-refractivity contribution is 5.91. The third kappa shape index (κ3) is 21.0. The van der Waals surface area contributed by atoms with E-state index in [0.717, 1.165) is 19.5 Å². The van der Waals surface area contributed by atoms with Crippen molar-refractivity contribution in [1.82, 2.24) is 4.90 Å². The van der Waals surface area contributed by atoms with E-state index in [9.17, 15) is 39.9 Å². The summed E-state index contributed by atoms with van der Waals surface area (Å²) in [6, 6.07) is -0.748. The van der Waals surface area contributed by atoms with Crippen molar-refractivity contribution in [2.75, 3.05) is 48.1 Å². The Bertz CT molecular complexity index is 1710. The van der Waals surface area contributed by atoms with Gasteiger partial charge < -0.3 is 87.3 Å². The standard InChI is InChI=1S/C46H77NO17.C6H14O2.C4H10/c1-13-33-30(22-58-45-42(57-12)41(56-11)37(52)26(5)60-45)18-23(2)14-15-31(49)24(3)19-29(16-17-48)39(25(4)32(50)20-34(51)62-33)64-44-38(53)36(47(9)10)40(27(6)61-44)63-35-21-46(8,55)43(54)28(7)59-35;1-4-7-6(3)8-5-2;1-3-4-2/h14-15,17-18,24-30,32-33,35-45,50,52-55H,13,16,19-22H2,1-12H3;6H,4-5H2,1-3H3;3-4H2,1-2H3/b15-14+,23-18+;;/t24-,25+,26-,27-,28+,29+,30?,32-,33-,35+,36-,37-,38-,39-,40-,41-,42-,43+,44+,45-,46-;;/m1../s1. The lowest BCUT2D eigenvalue weighted by Crippen LogP contribution is -2.65. The van der Waals surface area contributed by atoms with Crippen molar-refractivity contribution < 1.29 is 92.0 Å². The quantitative estimate of drug-likeness (QED) is 0.0684. The molecule has 1 unspecified atom stereocenters. The molecule has 0 aliphatic carbocycles. The Hall–Kier alpha value is -2.35. The van der Waals surface area contributed by atoms with Gasteiger partial charge in [0, 0.05) is 58.0 Å². The van der Waals surface area contributed by atoms with Crippen molar-refractivity contribution >= 4 is 18.0 Å². The maximum atomic E-state index is 13.8. The molecule has 21 atom stereocenters. The summed E-state index contributed by atoms with van der Waals surface area (Å²) in [4.78, 5) is 41.5. The van der Waals surface area contributed by atoms with Crippen LogP contribution in [-0.2, 0) is 66.5 Å². The first-order chi connectivity index (χ1) is 35.8. The van der Waals surface area contributed by atoms with Crippen molar-refractivity contribution in [1.29, 1.82) is 0 Å². The maximum absolute atomic E-state index is 13.8. The van der Waals surface area contributed by atoms with Gasteiger partial charge in [-0.2, -0.15) is 0 Å². The van der Waals surface area contributed by atoms with E-state index in [4.69, 9.17) is 52.1 Å². The van der Waals surface area contributed by atoms with Crippen LogP contribution in [0.25, 0.3) is 0 Å². The van der Waals surface area contributed by atoms with Crippen LogP contribution in [0.2, 0.25) is 0 Å². The minimum Gasteiger partial charge on any atom is -0.462 e. The number of hydrogen-bond acceptors (Lipinski definition) is 20. The predicted octanol–water partition coefficient (Wildman–Crippen LogP) is 5.05. The Balaban J connectivity index is 0.00000147. The zero-order valence-electron chi connectivity index (χ0n) is 48.9. The second-order valence-electron chi connectivity index (χ2n) is 21.2. The van der Waals surface area contributed by atoms with Crippen LogP contribution in [0.1, 0.15) is 135 Å². The van der Waals surface area contributed by atoms with Crippen molar-refractivity contribution in [2.24, 2.45) is 23.7 Å². The number of allylic oxidation sites excluding steroid dienone is 3. The number of carbonyl (C=O) groups excluding carboxylic acids is 3. The first-order valence-electron chi connectivity index (χ1n) is 27.6. The van der Waals surface area contributed by atoms with Crippen molar-refractivity contribution in [2.45, 2.75) is 245 Å².